The van der Waals surface area contributed by atoms with Crippen LogP contribution in [0.5, 0.6) is 0 Å². The van der Waals surface area contributed by atoms with E-state index < -0.39 is 0 Å². The first-order valence-corrected chi connectivity index (χ1v) is 22.6. The van der Waals surface area contributed by atoms with Crippen LogP contribution < -0.4 is 0 Å². The average molecular weight is 805 g/mol. The van der Waals surface area contributed by atoms with Crippen molar-refractivity contribution in [2.24, 2.45) is 0 Å². The van der Waals surface area contributed by atoms with Crippen LogP contribution in [0, 0.1) is 27.7 Å². The van der Waals surface area contributed by atoms with Crippen LogP contribution >= 0.6 is 0 Å². The molecule has 0 N–H and O–H groups in total. The third-order valence-corrected chi connectivity index (χ3v) is 10.4. The summed E-state index contributed by atoms with van der Waals surface area (Å²) in [5.74, 6) is 0. The second kappa shape index (κ2) is 24.9. The largest absolute Gasteiger partial charge is 0.0683 e. The molecule has 0 nitrogen and oxygen atoms in total. The maximum absolute atomic E-state index is 2.37. The molecule has 61 heavy (non-hydrogen) atoms. The Balaban J connectivity index is 0.000000284. The van der Waals surface area contributed by atoms with Gasteiger partial charge in [-0.2, -0.15) is 0 Å². The molecule has 316 valence electrons. The van der Waals surface area contributed by atoms with Crippen LogP contribution in [0.1, 0.15) is 136 Å². The van der Waals surface area contributed by atoms with E-state index in [9.17, 15) is 0 Å². The van der Waals surface area contributed by atoms with Gasteiger partial charge in [-0.1, -0.05) is 267 Å². The minimum atomic E-state index is 0.0430. The highest BCUT2D eigenvalue weighted by atomic mass is 14.4. The minimum absolute atomic E-state index is 0.0430. The van der Waals surface area contributed by atoms with Gasteiger partial charge in [0.25, 0.3) is 0 Å². The van der Waals surface area contributed by atoms with Gasteiger partial charge in [-0.3, -0.25) is 0 Å². The summed E-state index contributed by atoms with van der Waals surface area (Å²) in [5.41, 5.74) is 18.3. The van der Waals surface area contributed by atoms with Gasteiger partial charge >= 0.3 is 0 Å². The lowest BCUT2D eigenvalue weighted by Crippen LogP contribution is -2.15. The Labute approximate surface area is 371 Å². The quantitative estimate of drug-likeness (QED) is 0.147. The van der Waals surface area contributed by atoms with Gasteiger partial charge < -0.3 is 0 Å². The molecule has 0 spiro atoms. The SMILES string of the molecule is CC.CC.CC.CC.Cc1ccc(C=Cc2ccc(C=Cc3ccc(C)cc3)cc2)cc1.Cc1ccc2c(c1)C(C)(C)c1cc(C=Cc3ccc4cc(C)ccc4c3)ccc1-2. The monoisotopic (exact) mass is 805 g/mol. The average Bonchev–Trinajstić information content (AvgIpc) is 3.52. The molecule has 0 saturated heterocycles. The van der Waals surface area contributed by atoms with Crippen LogP contribution in [0.3, 0.4) is 0 Å². The third-order valence-electron chi connectivity index (χ3n) is 10.4. The molecule has 7 aromatic rings. The van der Waals surface area contributed by atoms with E-state index >= 15 is 0 Å². The van der Waals surface area contributed by atoms with Crippen LogP contribution in [0.25, 0.3) is 58.4 Å². The first-order valence-electron chi connectivity index (χ1n) is 22.6. The molecule has 0 aromatic heterocycles. The van der Waals surface area contributed by atoms with E-state index in [1.54, 1.807) is 0 Å². The molecule has 0 aliphatic heterocycles. The van der Waals surface area contributed by atoms with Crippen molar-refractivity contribution in [2.75, 3.05) is 0 Å². The second-order valence-electron chi connectivity index (χ2n) is 15.1. The molecule has 0 unspecified atom stereocenters. The summed E-state index contributed by atoms with van der Waals surface area (Å²) in [6, 6.07) is 52.8. The van der Waals surface area contributed by atoms with Crippen molar-refractivity contribution in [3.8, 4) is 11.1 Å². The lowest BCUT2D eigenvalue weighted by atomic mass is 9.81. The molecular formula is C61H72. The fourth-order valence-electron chi connectivity index (χ4n) is 7.11. The maximum atomic E-state index is 2.37. The van der Waals surface area contributed by atoms with Gasteiger partial charge in [0, 0.05) is 5.41 Å². The molecule has 8 rings (SSSR count). The molecule has 0 atom stereocenters. The predicted molar refractivity (Wildman–Crippen MR) is 278 cm³/mol. The van der Waals surface area contributed by atoms with Gasteiger partial charge in [-0.25, -0.2) is 0 Å². The second-order valence-corrected chi connectivity index (χ2v) is 15.1. The fraction of sp³-hybridized carbons (Fsp3) is 0.246. The summed E-state index contributed by atoms with van der Waals surface area (Å²) >= 11 is 0. The highest BCUT2D eigenvalue weighted by Gasteiger charge is 2.35. The highest BCUT2D eigenvalue weighted by Crippen LogP contribution is 2.49. The summed E-state index contributed by atoms with van der Waals surface area (Å²) in [7, 11) is 0. The van der Waals surface area contributed by atoms with Gasteiger partial charge in [-0.05, 0) is 100 Å². The van der Waals surface area contributed by atoms with Gasteiger partial charge in [-0.15, -0.1) is 0 Å². The molecule has 0 amide bonds. The Morgan fingerprint density at radius 2 is 0.557 bits per heavy atom. The van der Waals surface area contributed by atoms with E-state index in [-0.39, 0.29) is 5.41 Å². The van der Waals surface area contributed by atoms with Crippen molar-refractivity contribution in [1.82, 2.24) is 0 Å². The Bertz CT molecular complexity index is 2390. The number of aryl methyl sites for hydroxylation is 4. The Morgan fingerprint density at radius 1 is 0.279 bits per heavy atom. The maximum Gasteiger partial charge on any atom is 0.0159 e. The molecule has 0 saturated carbocycles. The van der Waals surface area contributed by atoms with Gasteiger partial charge in [0.05, 0.1) is 0 Å². The van der Waals surface area contributed by atoms with Crippen LogP contribution in [0.15, 0.2) is 146 Å². The van der Waals surface area contributed by atoms with Crippen LogP contribution in [-0.2, 0) is 5.41 Å². The molecule has 0 fully saturated rings. The topological polar surface area (TPSA) is 0 Å². The molecule has 1 aliphatic rings. The number of fused-ring (bicyclic) bond motifs is 4. The molecule has 7 aromatic carbocycles. The number of rotatable bonds is 6. The van der Waals surface area contributed by atoms with E-state index in [0.717, 1.165) is 0 Å². The minimum Gasteiger partial charge on any atom is -0.0683 e. The van der Waals surface area contributed by atoms with Crippen LogP contribution in [-0.4, -0.2) is 0 Å². The van der Waals surface area contributed by atoms with Crippen molar-refractivity contribution < 1.29 is 0 Å². The lowest BCUT2D eigenvalue weighted by Gasteiger charge is -2.22. The summed E-state index contributed by atoms with van der Waals surface area (Å²) in [6.45, 7) is 29.2. The first kappa shape index (κ1) is 49.4. The summed E-state index contributed by atoms with van der Waals surface area (Å²) in [6.07, 6.45) is 13.1. The zero-order valence-electron chi connectivity index (χ0n) is 39.8. The molecular weight excluding hydrogens is 733 g/mol. The van der Waals surface area contributed by atoms with Crippen molar-refractivity contribution in [3.63, 3.8) is 0 Å². The van der Waals surface area contributed by atoms with E-state index in [0.29, 0.717) is 0 Å². The van der Waals surface area contributed by atoms with Gasteiger partial charge in [0.15, 0.2) is 0 Å². The standard InChI is InChI=1S/C29H26.C24H22.4C2H6/c1-19-5-11-24-17-21(9-12-23(24)15-19)7-8-22-10-14-26-25-13-6-20(2)16-27(25)29(3,4)28(26)18-22;1-19-3-7-21(8-4-19)11-13-23-15-17-24(18-16-23)14-12-22-9-5-20(2)6-10-22;4*1-2/h5-18H,1-4H3;3-18H,1-2H3;4*1-2H3. The van der Waals surface area contributed by atoms with Crippen LogP contribution in [0.4, 0.5) is 0 Å². The normalized spacial score (nSPS) is 11.7. The van der Waals surface area contributed by atoms with Crippen LogP contribution in [0.2, 0.25) is 0 Å². The Morgan fingerprint density at radius 3 is 1.03 bits per heavy atom. The van der Waals surface area contributed by atoms with E-state index in [2.05, 4.69) is 224 Å². The van der Waals surface area contributed by atoms with Crippen molar-refractivity contribution in [1.29, 1.82) is 0 Å². The highest BCUT2D eigenvalue weighted by molar-refractivity contribution is 5.87. The molecule has 0 radical (unpaired) electrons. The summed E-state index contributed by atoms with van der Waals surface area (Å²) in [4.78, 5) is 0. The predicted octanol–water partition coefficient (Wildman–Crippen LogP) is 18.7. The third kappa shape index (κ3) is 13.8. The van der Waals surface area contributed by atoms with E-state index in [1.165, 1.54) is 88.7 Å². The summed E-state index contributed by atoms with van der Waals surface area (Å²) < 4.78 is 0. The number of benzene rings is 7. The first-order chi connectivity index (χ1) is 29.6. The van der Waals surface area contributed by atoms with Crippen molar-refractivity contribution in [3.05, 3.63) is 212 Å². The number of hydrogen-bond acceptors (Lipinski definition) is 0. The lowest BCUT2D eigenvalue weighted by molar-refractivity contribution is 0.659. The van der Waals surface area contributed by atoms with Gasteiger partial charge in [0.1, 0.15) is 0 Å². The van der Waals surface area contributed by atoms with E-state index in [1.807, 2.05) is 55.4 Å². The van der Waals surface area contributed by atoms with Crippen molar-refractivity contribution in [2.45, 2.75) is 102 Å². The zero-order valence-corrected chi connectivity index (χ0v) is 39.8. The molecule has 0 heteroatoms. The Hall–Kier alpha value is -5.98. The number of hydrogen-bond donors (Lipinski definition) is 0. The molecule has 0 bridgehead atoms. The zero-order chi connectivity index (χ0) is 45.0. The molecule has 1 aliphatic carbocycles. The van der Waals surface area contributed by atoms with E-state index in [4.69, 9.17) is 0 Å². The van der Waals surface area contributed by atoms with Crippen molar-refractivity contribution >= 4 is 47.2 Å². The smallest absolute Gasteiger partial charge is 0.0159 e. The summed E-state index contributed by atoms with van der Waals surface area (Å²) in [5, 5.41) is 2.59. The molecule has 0 heterocycles. The van der Waals surface area contributed by atoms with Gasteiger partial charge in [0.2, 0.25) is 0 Å². The fourth-order valence-corrected chi connectivity index (χ4v) is 7.11. The Kier molecular flexibility index (Phi) is 20.2.